The van der Waals surface area contributed by atoms with Crippen LogP contribution in [0.1, 0.15) is 13.8 Å². The van der Waals surface area contributed by atoms with E-state index in [9.17, 15) is 45.6 Å². The van der Waals surface area contributed by atoms with Crippen LogP contribution >= 0.6 is 0 Å². The maximum atomic E-state index is 14.0. The molecule has 2 aliphatic rings. The second kappa shape index (κ2) is 11.1. The zero-order valence-electron chi connectivity index (χ0n) is 21.8. The van der Waals surface area contributed by atoms with Crippen molar-refractivity contribution in [3.8, 4) is 34.3 Å². The zero-order valence-corrected chi connectivity index (χ0v) is 21.8. The van der Waals surface area contributed by atoms with Crippen LogP contribution < -0.4 is 14.9 Å². The van der Waals surface area contributed by atoms with Gasteiger partial charge in [0.05, 0.1) is 12.2 Å². The third-order valence-electron chi connectivity index (χ3n) is 7.13. The molecule has 0 saturated carbocycles. The Kier molecular flexibility index (Phi) is 7.84. The first kappa shape index (κ1) is 29.0. The van der Waals surface area contributed by atoms with Gasteiger partial charge in [0, 0.05) is 17.7 Å². The fourth-order valence-corrected chi connectivity index (χ4v) is 4.72. The number of ether oxygens (including phenoxy) is 4. The molecule has 41 heavy (non-hydrogen) atoms. The third-order valence-corrected chi connectivity index (χ3v) is 7.13. The van der Waals surface area contributed by atoms with Gasteiger partial charge in [0.1, 0.15) is 64.8 Å². The first-order valence-electron chi connectivity index (χ1n) is 12.7. The van der Waals surface area contributed by atoms with Gasteiger partial charge in [0.25, 0.3) is 0 Å². The Balaban J connectivity index is 1.65. The molecule has 14 nitrogen and oxygen atoms in total. The van der Waals surface area contributed by atoms with Gasteiger partial charge in [0.15, 0.2) is 5.76 Å². The molecular weight excluding hydrogens is 548 g/mol. The Morgan fingerprint density at radius 3 is 1.78 bits per heavy atom. The predicted octanol–water partition coefficient (Wildman–Crippen LogP) is -0.716. The number of rotatable bonds is 5. The molecular formula is C27H30O14. The van der Waals surface area contributed by atoms with Gasteiger partial charge < -0.3 is 64.2 Å². The summed E-state index contributed by atoms with van der Waals surface area (Å²) in [5.41, 5.74) is -0.862. The maximum absolute atomic E-state index is 14.0. The van der Waals surface area contributed by atoms with E-state index in [0.717, 1.165) is 12.1 Å². The first-order chi connectivity index (χ1) is 19.4. The smallest absolute Gasteiger partial charge is 0.239 e. The molecule has 2 fully saturated rings. The molecule has 222 valence electrons. The van der Waals surface area contributed by atoms with Crippen molar-refractivity contribution in [2.24, 2.45) is 0 Å². The van der Waals surface area contributed by atoms with Crippen LogP contribution in [0, 0.1) is 0 Å². The highest BCUT2D eigenvalue weighted by molar-refractivity contribution is 5.88. The lowest BCUT2D eigenvalue weighted by Gasteiger charge is -2.39. The van der Waals surface area contributed by atoms with Gasteiger partial charge in [-0.05, 0) is 38.1 Å². The molecule has 0 bridgehead atoms. The van der Waals surface area contributed by atoms with Gasteiger partial charge in [-0.15, -0.1) is 0 Å². The Morgan fingerprint density at radius 2 is 1.22 bits per heavy atom. The van der Waals surface area contributed by atoms with Crippen molar-refractivity contribution in [1.29, 1.82) is 0 Å². The van der Waals surface area contributed by atoms with Crippen LogP contribution in [0.2, 0.25) is 0 Å². The van der Waals surface area contributed by atoms with Crippen molar-refractivity contribution in [3.63, 3.8) is 0 Å². The summed E-state index contributed by atoms with van der Waals surface area (Å²) in [6.45, 7) is 2.86. The lowest BCUT2D eigenvalue weighted by molar-refractivity contribution is -0.268. The molecule has 14 heteroatoms. The van der Waals surface area contributed by atoms with E-state index in [1.165, 1.54) is 38.1 Å². The Morgan fingerprint density at radius 1 is 0.683 bits per heavy atom. The molecule has 0 spiro atoms. The number of aliphatic hydroxyl groups is 6. The molecule has 3 heterocycles. The molecule has 2 aromatic carbocycles. The SMILES string of the molecule is C[C@@H]1O[C@H](Oc2cc(O)cc3oc(-c4ccc(O)cc4)c(O[C@@H]4O[C@H](C)[C@@H](O)[C@H](O)[C@@H]4O)c(=O)c23)[C@@H](O)[C@@H](O)[C@@H]1O. The largest absolute Gasteiger partial charge is 0.508 e. The zero-order chi connectivity index (χ0) is 29.7. The van der Waals surface area contributed by atoms with Gasteiger partial charge >= 0.3 is 0 Å². The van der Waals surface area contributed by atoms with Crippen LogP contribution in [-0.2, 0) is 9.47 Å². The number of hydrogen-bond acceptors (Lipinski definition) is 14. The van der Waals surface area contributed by atoms with Crippen molar-refractivity contribution < 1.29 is 64.2 Å². The maximum Gasteiger partial charge on any atom is 0.239 e. The molecule has 10 atom stereocenters. The summed E-state index contributed by atoms with van der Waals surface area (Å²) in [6.07, 6.45) is -14.8. The summed E-state index contributed by atoms with van der Waals surface area (Å²) in [5, 5.41) is 81.2. The Bertz CT molecular complexity index is 1460. The van der Waals surface area contributed by atoms with Crippen LogP contribution in [0.5, 0.6) is 23.0 Å². The molecule has 0 aliphatic carbocycles. The third kappa shape index (κ3) is 5.31. The van der Waals surface area contributed by atoms with E-state index in [1.807, 2.05) is 0 Å². The number of phenols is 2. The normalized spacial score (nSPS) is 34.0. The van der Waals surface area contributed by atoms with Crippen molar-refractivity contribution in [3.05, 3.63) is 46.6 Å². The van der Waals surface area contributed by atoms with E-state index in [4.69, 9.17) is 23.4 Å². The van der Waals surface area contributed by atoms with Crippen LogP contribution in [0.4, 0.5) is 0 Å². The lowest BCUT2D eigenvalue weighted by atomic mass is 10.00. The summed E-state index contributed by atoms with van der Waals surface area (Å²) < 4.78 is 28.4. The van der Waals surface area contributed by atoms with E-state index in [0.29, 0.717) is 0 Å². The van der Waals surface area contributed by atoms with Crippen LogP contribution in [0.15, 0.2) is 45.6 Å². The van der Waals surface area contributed by atoms with Gasteiger partial charge in [-0.2, -0.15) is 0 Å². The molecule has 1 aromatic heterocycles. The van der Waals surface area contributed by atoms with Crippen molar-refractivity contribution >= 4 is 11.0 Å². The molecule has 0 amide bonds. The van der Waals surface area contributed by atoms with Crippen LogP contribution in [0.3, 0.4) is 0 Å². The van der Waals surface area contributed by atoms with Gasteiger partial charge in [-0.3, -0.25) is 4.79 Å². The molecule has 2 aliphatic heterocycles. The second-order valence-electron chi connectivity index (χ2n) is 10.1. The summed E-state index contributed by atoms with van der Waals surface area (Å²) in [5.74, 6) is -1.56. The molecule has 8 N–H and O–H groups in total. The number of hydrogen-bond donors (Lipinski definition) is 8. The Hall–Kier alpha value is -3.47. The molecule has 2 saturated heterocycles. The standard InChI is InChI=1S/C27H30O14/c1-9-17(30)20(33)22(35)26(37-9)40-15-8-13(29)7-14-16(15)19(32)25(24(39-14)11-3-5-12(28)6-4-11)41-27-23(36)21(34)18(31)10(2)38-27/h3-10,17-18,20-23,26-31,33-36H,1-2H3/t9-,10+,17+,18+,20-,21-,22-,23-,26+,27-/m0/s1. The van der Waals surface area contributed by atoms with Crippen molar-refractivity contribution in [2.75, 3.05) is 0 Å². The van der Waals surface area contributed by atoms with E-state index in [1.54, 1.807) is 0 Å². The average molecular weight is 579 g/mol. The number of aromatic hydroxyl groups is 2. The topological polar surface area (TPSA) is 229 Å². The summed E-state index contributed by atoms with van der Waals surface area (Å²) in [6, 6.07) is 7.60. The Labute approximate surface area is 231 Å². The minimum absolute atomic E-state index is 0.0859. The number of aliphatic hydroxyl groups excluding tert-OH is 6. The highest BCUT2D eigenvalue weighted by atomic mass is 16.7. The predicted molar refractivity (Wildman–Crippen MR) is 137 cm³/mol. The second-order valence-corrected chi connectivity index (χ2v) is 10.1. The van der Waals surface area contributed by atoms with Gasteiger partial charge in [0.2, 0.25) is 23.8 Å². The monoisotopic (exact) mass is 578 g/mol. The van der Waals surface area contributed by atoms with Gasteiger partial charge in [-0.25, -0.2) is 0 Å². The van der Waals surface area contributed by atoms with Crippen LogP contribution in [-0.4, -0.2) is 102 Å². The van der Waals surface area contributed by atoms with Crippen molar-refractivity contribution in [1.82, 2.24) is 0 Å². The van der Waals surface area contributed by atoms with E-state index < -0.39 is 78.3 Å². The average Bonchev–Trinajstić information content (AvgIpc) is 2.93. The summed E-state index contributed by atoms with van der Waals surface area (Å²) >= 11 is 0. The molecule has 5 rings (SSSR count). The number of benzene rings is 2. The number of fused-ring (bicyclic) bond motifs is 1. The highest BCUT2D eigenvalue weighted by Gasteiger charge is 2.45. The van der Waals surface area contributed by atoms with E-state index >= 15 is 0 Å². The van der Waals surface area contributed by atoms with Crippen molar-refractivity contribution in [2.45, 2.75) is 75.3 Å². The fraction of sp³-hybridized carbons (Fsp3) is 0.444. The summed E-state index contributed by atoms with van der Waals surface area (Å²) in [4.78, 5) is 14.0. The lowest BCUT2D eigenvalue weighted by Crippen LogP contribution is -2.58. The van der Waals surface area contributed by atoms with E-state index in [-0.39, 0.29) is 33.8 Å². The summed E-state index contributed by atoms with van der Waals surface area (Å²) in [7, 11) is 0. The molecule has 0 radical (unpaired) electrons. The van der Waals surface area contributed by atoms with Crippen LogP contribution in [0.25, 0.3) is 22.3 Å². The molecule has 0 unspecified atom stereocenters. The quantitative estimate of drug-likeness (QED) is 0.187. The van der Waals surface area contributed by atoms with E-state index in [2.05, 4.69) is 0 Å². The minimum Gasteiger partial charge on any atom is -0.508 e. The van der Waals surface area contributed by atoms with Gasteiger partial charge in [-0.1, -0.05) is 0 Å². The minimum atomic E-state index is -1.78. The highest BCUT2D eigenvalue weighted by Crippen LogP contribution is 2.39. The fourth-order valence-electron chi connectivity index (χ4n) is 4.72. The number of phenolic OH excluding ortho intramolecular Hbond substituents is 2. The first-order valence-corrected chi connectivity index (χ1v) is 12.7. The molecule has 3 aromatic rings.